The minimum Gasteiger partial charge on any atom is -0.382 e. The second kappa shape index (κ2) is 5.11. The number of aliphatic hydroxyl groups excluding tert-OH is 1. The van der Waals surface area contributed by atoms with E-state index in [1.54, 1.807) is 6.20 Å². The second-order valence-corrected chi connectivity index (χ2v) is 4.48. The van der Waals surface area contributed by atoms with E-state index in [2.05, 4.69) is 18.8 Å². The lowest BCUT2D eigenvalue weighted by Crippen LogP contribution is -2.03. The summed E-state index contributed by atoms with van der Waals surface area (Å²) >= 11 is 0. The first-order valence-corrected chi connectivity index (χ1v) is 5.87. The molecule has 2 nitrogen and oxygen atoms in total. The Morgan fingerprint density at radius 3 is 2.35 bits per heavy atom. The molecular formula is C15H17NO. The number of nitrogens with zero attached hydrogens (tertiary/aromatic N) is 1. The molecule has 88 valence electrons. The van der Waals surface area contributed by atoms with Crippen LogP contribution in [0.5, 0.6) is 0 Å². The van der Waals surface area contributed by atoms with Gasteiger partial charge in [-0.3, -0.25) is 4.98 Å². The van der Waals surface area contributed by atoms with Crippen LogP contribution in [0, 0.1) is 0 Å². The number of hydrogen-bond donors (Lipinski definition) is 1. The smallest absolute Gasteiger partial charge is 0.121 e. The Balaban J connectivity index is 2.31. The summed E-state index contributed by atoms with van der Waals surface area (Å²) in [7, 11) is 0. The van der Waals surface area contributed by atoms with Gasteiger partial charge in [-0.2, -0.15) is 0 Å². The minimum absolute atomic E-state index is 0.444. The van der Waals surface area contributed by atoms with Gasteiger partial charge in [-0.15, -0.1) is 0 Å². The summed E-state index contributed by atoms with van der Waals surface area (Å²) in [5, 5.41) is 10.2. The van der Waals surface area contributed by atoms with Crippen LogP contribution < -0.4 is 0 Å². The van der Waals surface area contributed by atoms with Gasteiger partial charge >= 0.3 is 0 Å². The highest BCUT2D eigenvalue weighted by molar-refractivity contribution is 5.28. The lowest BCUT2D eigenvalue weighted by Gasteiger charge is -2.12. The molecule has 0 amide bonds. The molecule has 2 aromatic rings. The third kappa shape index (κ3) is 2.71. The van der Waals surface area contributed by atoms with Crippen molar-refractivity contribution < 1.29 is 5.11 Å². The summed E-state index contributed by atoms with van der Waals surface area (Å²) in [6, 6.07) is 13.6. The van der Waals surface area contributed by atoms with Crippen LogP contribution in [-0.2, 0) is 0 Å². The van der Waals surface area contributed by atoms with Crippen LogP contribution in [0.3, 0.4) is 0 Å². The van der Waals surface area contributed by atoms with Crippen LogP contribution in [0.2, 0.25) is 0 Å². The van der Waals surface area contributed by atoms with E-state index in [0.29, 0.717) is 11.6 Å². The summed E-state index contributed by atoms with van der Waals surface area (Å²) < 4.78 is 0. The molecule has 1 atom stereocenters. The van der Waals surface area contributed by atoms with E-state index in [9.17, 15) is 5.11 Å². The van der Waals surface area contributed by atoms with Crippen LogP contribution in [0.1, 0.15) is 42.7 Å². The predicted octanol–water partition coefficient (Wildman–Crippen LogP) is 3.29. The SMILES string of the molecule is CC(C)c1ccnc(C(O)c2ccccc2)c1. The molecule has 0 aliphatic carbocycles. The van der Waals surface area contributed by atoms with Crippen molar-refractivity contribution in [2.24, 2.45) is 0 Å². The summed E-state index contributed by atoms with van der Waals surface area (Å²) in [5.74, 6) is 0.444. The van der Waals surface area contributed by atoms with Crippen LogP contribution in [0.15, 0.2) is 48.7 Å². The number of pyridine rings is 1. The van der Waals surface area contributed by atoms with Gasteiger partial charge in [0.05, 0.1) is 5.69 Å². The molecule has 0 aliphatic rings. The molecular weight excluding hydrogens is 210 g/mol. The second-order valence-electron chi connectivity index (χ2n) is 4.48. The third-order valence-electron chi connectivity index (χ3n) is 2.87. The van der Waals surface area contributed by atoms with Crippen molar-refractivity contribution in [2.75, 3.05) is 0 Å². The van der Waals surface area contributed by atoms with Gasteiger partial charge in [0.1, 0.15) is 6.10 Å². The van der Waals surface area contributed by atoms with Crippen molar-refractivity contribution >= 4 is 0 Å². The van der Waals surface area contributed by atoms with Gasteiger partial charge in [-0.05, 0) is 29.2 Å². The van der Waals surface area contributed by atoms with Crippen molar-refractivity contribution in [3.8, 4) is 0 Å². The number of hydrogen-bond acceptors (Lipinski definition) is 2. The van der Waals surface area contributed by atoms with Gasteiger partial charge in [0.2, 0.25) is 0 Å². The van der Waals surface area contributed by atoms with Crippen LogP contribution in [0.25, 0.3) is 0 Å². The standard InChI is InChI=1S/C15H17NO/c1-11(2)13-8-9-16-14(10-13)15(17)12-6-4-3-5-7-12/h3-11,15,17H,1-2H3. The largest absolute Gasteiger partial charge is 0.382 e. The Morgan fingerprint density at radius 1 is 1.00 bits per heavy atom. The quantitative estimate of drug-likeness (QED) is 0.872. The molecule has 0 fully saturated rings. The monoisotopic (exact) mass is 227 g/mol. The normalized spacial score (nSPS) is 12.7. The first kappa shape index (κ1) is 11.8. The molecule has 0 saturated carbocycles. The molecule has 2 rings (SSSR count). The van der Waals surface area contributed by atoms with E-state index in [0.717, 1.165) is 5.56 Å². The van der Waals surface area contributed by atoms with Crippen LogP contribution in [0.4, 0.5) is 0 Å². The van der Waals surface area contributed by atoms with Gasteiger partial charge in [0.15, 0.2) is 0 Å². The maximum atomic E-state index is 10.2. The lowest BCUT2D eigenvalue weighted by molar-refractivity contribution is 0.215. The fourth-order valence-corrected chi connectivity index (χ4v) is 1.78. The van der Waals surface area contributed by atoms with Gasteiger partial charge in [-0.1, -0.05) is 44.2 Å². The number of aromatic nitrogens is 1. The average molecular weight is 227 g/mol. The Kier molecular flexibility index (Phi) is 3.55. The number of aliphatic hydroxyl groups is 1. The highest BCUT2D eigenvalue weighted by Crippen LogP contribution is 2.22. The summed E-state index contributed by atoms with van der Waals surface area (Å²) in [6.45, 7) is 4.27. The van der Waals surface area contributed by atoms with E-state index in [1.165, 1.54) is 5.56 Å². The lowest BCUT2D eigenvalue weighted by atomic mass is 10.0. The fraction of sp³-hybridized carbons (Fsp3) is 0.267. The van der Waals surface area contributed by atoms with Crippen molar-refractivity contribution in [1.29, 1.82) is 0 Å². The molecule has 1 aromatic carbocycles. The highest BCUT2D eigenvalue weighted by Gasteiger charge is 2.12. The number of benzene rings is 1. The fourth-order valence-electron chi connectivity index (χ4n) is 1.78. The third-order valence-corrected chi connectivity index (χ3v) is 2.87. The van der Waals surface area contributed by atoms with Crippen LogP contribution in [-0.4, -0.2) is 10.1 Å². The summed E-state index contributed by atoms with van der Waals surface area (Å²) in [6.07, 6.45) is 1.12. The minimum atomic E-state index is -0.644. The zero-order chi connectivity index (χ0) is 12.3. The molecule has 0 bridgehead atoms. The zero-order valence-electron chi connectivity index (χ0n) is 10.2. The molecule has 1 aromatic heterocycles. The molecule has 0 saturated heterocycles. The first-order chi connectivity index (χ1) is 8.18. The van der Waals surface area contributed by atoms with E-state index < -0.39 is 6.10 Å². The van der Waals surface area contributed by atoms with E-state index >= 15 is 0 Å². The first-order valence-electron chi connectivity index (χ1n) is 5.87. The molecule has 17 heavy (non-hydrogen) atoms. The van der Waals surface area contributed by atoms with Gasteiger partial charge in [-0.25, -0.2) is 0 Å². The Bertz CT molecular complexity index is 479. The number of rotatable bonds is 3. The molecule has 0 aliphatic heterocycles. The average Bonchev–Trinajstić information content (AvgIpc) is 2.39. The summed E-state index contributed by atoms with van der Waals surface area (Å²) in [4.78, 5) is 4.25. The Labute approximate surface area is 102 Å². The van der Waals surface area contributed by atoms with Crippen molar-refractivity contribution in [2.45, 2.75) is 25.9 Å². The molecule has 2 heteroatoms. The Hall–Kier alpha value is -1.67. The van der Waals surface area contributed by atoms with Crippen molar-refractivity contribution in [3.63, 3.8) is 0 Å². The van der Waals surface area contributed by atoms with Gasteiger partial charge < -0.3 is 5.11 Å². The van der Waals surface area contributed by atoms with Crippen molar-refractivity contribution in [1.82, 2.24) is 4.98 Å². The van der Waals surface area contributed by atoms with Crippen molar-refractivity contribution in [3.05, 3.63) is 65.5 Å². The van der Waals surface area contributed by atoms with E-state index in [4.69, 9.17) is 0 Å². The molecule has 1 N–H and O–H groups in total. The molecule has 1 unspecified atom stereocenters. The zero-order valence-corrected chi connectivity index (χ0v) is 10.2. The van der Waals surface area contributed by atoms with Gasteiger partial charge in [0, 0.05) is 6.20 Å². The van der Waals surface area contributed by atoms with Gasteiger partial charge in [0.25, 0.3) is 0 Å². The van der Waals surface area contributed by atoms with Crippen LogP contribution >= 0.6 is 0 Å². The molecule has 1 heterocycles. The van der Waals surface area contributed by atoms with E-state index in [-0.39, 0.29) is 0 Å². The maximum Gasteiger partial charge on any atom is 0.121 e. The Morgan fingerprint density at radius 2 is 1.71 bits per heavy atom. The van der Waals surface area contributed by atoms with E-state index in [1.807, 2.05) is 42.5 Å². The molecule has 0 spiro atoms. The predicted molar refractivity (Wildman–Crippen MR) is 68.8 cm³/mol. The highest BCUT2D eigenvalue weighted by atomic mass is 16.3. The summed E-state index contributed by atoms with van der Waals surface area (Å²) in [5.41, 5.74) is 2.79. The molecule has 0 radical (unpaired) electrons. The topological polar surface area (TPSA) is 33.1 Å². The maximum absolute atomic E-state index is 10.2.